The van der Waals surface area contributed by atoms with Gasteiger partial charge in [0.25, 0.3) is 0 Å². The fourth-order valence-electron chi connectivity index (χ4n) is 1.81. The minimum Gasteiger partial charge on any atom is -0.461 e. The zero-order valence-electron chi connectivity index (χ0n) is 11.4. The molecule has 0 aliphatic heterocycles. The van der Waals surface area contributed by atoms with Gasteiger partial charge in [-0.3, -0.25) is 0 Å². The van der Waals surface area contributed by atoms with Crippen molar-refractivity contribution >= 4 is 5.97 Å². The van der Waals surface area contributed by atoms with Crippen LogP contribution in [0.15, 0.2) is 43.0 Å². The highest BCUT2D eigenvalue weighted by atomic mass is 16.5. The van der Waals surface area contributed by atoms with Crippen LogP contribution < -0.4 is 5.32 Å². The van der Waals surface area contributed by atoms with Crippen molar-refractivity contribution in [2.45, 2.75) is 25.7 Å². The highest BCUT2D eigenvalue weighted by Gasteiger charge is 1.95. The molecule has 0 aliphatic rings. The van der Waals surface area contributed by atoms with Gasteiger partial charge in [-0.15, -0.1) is 0 Å². The Morgan fingerprint density at radius 3 is 2.68 bits per heavy atom. The first-order valence-electron chi connectivity index (χ1n) is 6.87. The molecule has 1 N–H and O–H groups in total. The van der Waals surface area contributed by atoms with Gasteiger partial charge in [0.15, 0.2) is 0 Å². The van der Waals surface area contributed by atoms with Crippen LogP contribution in [-0.2, 0) is 16.0 Å². The SMILES string of the molecule is C=CC(=O)OCCNCCCCCc1ccccc1. The van der Waals surface area contributed by atoms with Crippen LogP contribution in [0.1, 0.15) is 24.8 Å². The third kappa shape index (κ3) is 8.16. The van der Waals surface area contributed by atoms with Crippen molar-refractivity contribution in [3.05, 3.63) is 48.6 Å². The summed E-state index contributed by atoms with van der Waals surface area (Å²) in [6.45, 7) is 5.43. The third-order valence-electron chi connectivity index (χ3n) is 2.85. The summed E-state index contributed by atoms with van der Waals surface area (Å²) in [5.74, 6) is -0.357. The molecular formula is C16H23NO2. The van der Waals surface area contributed by atoms with Crippen molar-refractivity contribution < 1.29 is 9.53 Å². The minimum absolute atomic E-state index is 0.357. The number of hydrogen-bond acceptors (Lipinski definition) is 3. The van der Waals surface area contributed by atoms with Crippen LogP contribution in [0.3, 0.4) is 0 Å². The normalized spacial score (nSPS) is 10.1. The molecule has 1 aromatic carbocycles. The summed E-state index contributed by atoms with van der Waals surface area (Å²) < 4.78 is 4.86. The highest BCUT2D eigenvalue weighted by Crippen LogP contribution is 2.05. The second-order valence-corrected chi connectivity index (χ2v) is 4.42. The predicted octanol–water partition coefficient (Wildman–Crippen LogP) is 2.72. The first-order chi connectivity index (χ1) is 9.33. The number of rotatable bonds is 10. The maximum atomic E-state index is 10.8. The van der Waals surface area contributed by atoms with E-state index in [1.807, 2.05) is 6.07 Å². The van der Waals surface area contributed by atoms with Crippen molar-refractivity contribution in [3.63, 3.8) is 0 Å². The molecule has 1 aromatic rings. The number of benzene rings is 1. The van der Waals surface area contributed by atoms with Gasteiger partial charge in [0.2, 0.25) is 0 Å². The molecule has 1 rings (SSSR count). The van der Waals surface area contributed by atoms with Gasteiger partial charge in [-0.2, -0.15) is 0 Å². The smallest absolute Gasteiger partial charge is 0.330 e. The monoisotopic (exact) mass is 261 g/mol. The van der Waals surface area contributed by atoms with E-state index in [0.717, 1.165) is 19.4 Å². The molecule has 0 aliphatic carbocycles. The number of hydrogen-bond donors (Lipinski definition) is 1. The summed E-state index contributed by atoms with van der Waals surface area (Å²) in [6.07, 6.45) is 5.93. The molecule has 0 saturated heterocycles. The second kappa shape index (κ2) is 10.3. The summed E-state index contributed by atoms with van der Waals surface area (Å²) >= 11 is 0. The van der Waals surface area contributed by atoms with E-state index in [-0.39, 0.29) is 5.97 Å². The summed E-state index contributed by atoms with van der Waals surface area (Å²) in [5.41, 5.74) is 1.41. The molecule has 0 radical (unpaired) electrons. The summed E-state index contributed by atoms with van der Waals surface area (Å²) in [5, 5.41) is 3.25. The van der Waals surface area contributed by atoms with E-state index in [1.165, 1.54) is 24.5 Å². The zero-order valence-corrected chi connectivity index (χ0v) is 11.4. The molecule has 104 valence electrons. The molecule has 0 heterocycles. The molecular weight excluding hydrogens is 238 g/mol. The third-order valence-corrected chi connectivity index (χ3v) is 2.85. The Morgan fingerprint density at radius 2 is 1.95 bits per heavy atom. The summed E-state index contributed by atoms with van der Waals surface area (Å²) in [4.78, 5) is 10.8. The Bertz CT molecular complexity index is 362. The number of aryl methyl sites for hydroxylation is 1. The molecule has 0 atom stereocenters. The molecule has 0 amide bonds. The average Bonchev–Trinajstić information content (AvgIpc) is 2.46. The number of ether oxygens (including phenoxy) is 1. The Balaban J connectivity index is 1.86. The van der Waals surface area contributed by atoms with E-state index >= 15 is 0 Å². The lowest BCUT2D eigenvalue weighted by Crippen LogP contribution is -2.21. The Kier molecular flexibility index (Phi) is 8.39. The van der Waals surface area contributed by atoms with E-state index in [9.17, 15) is 4.79 Å². The van der Waals surface area contributed by atoms with Crippen molar-refractivity contribution in [1.82, 2.24) is 5.32 Å². The van der Waals surface area contributed by atoms with Gasteiger partial charge in [-0.25, -0.2) is 4.79 Å². The van der Waals surface area contributed by atoms with Gasteiger partial charge in [0.05, 0.1) is 0 Å². The van der Waals surface area contributed by atoms with Gasteiger partial charge < -0.3 is 10.1 Å². The fraction of sp³-hybridized carbons (Fsp3) is 0.438. The molecule has 19 heavy (non-hydrogen) atoms. The lowest BCUT2D eigenvalue weighted by atomic mass is 10.1. The van der Waals surface area contributed by atoms with Gasteiger partial charge in [0, 0.05) is 12.6 Å². The maximum Gasteiger partial charge on any atom is 0.330 e. The Hall–Kier alpha value is -1.61. The number of carbonyl (C=O) groups excluding carboxylic acids is 1. The van der Waals surface area contributed by atoms with Crippen LogP contribution >= 0.6 is 0 Å². The molecule has 0 fully saturated rings. The lowest BCUT2D eigenvalue weighted by molar-refractivity contribution is -0.137. The van der Waals surface area contributed by atoms with Gasteiger partial charge in [-0.1, -0.05) is 43.3 Å². The second-order valence-electron chi connectivity index (χ2n) is 4.42. The quantitative estimate of drug-likeness (QED) is 0.400. The van der Waals surface area contributed by atoms with Crippen molar-refractivity contribution in [1.29, 1.82) is 0 Å². The zero-order chi connectivity index (χ0) is 13.8. The predicted molar refractivity (Wildman–Crippen MR) is 78.0 cm³/mol. The first kappa shape index (κ1) is 15.4. The molecule has 0 aromatic heterocycles. The molecule has 0 bridgehead atoms. The Morgan fingerprint density at radius 1 is 1.16 bits per heavy atom. The van der Waals surface area contributed by atoms with Crippen LogP contribution in [0.2, 0.25) is 0 Å². The molecule has 3 nitrogen and oxygen atoms in total. The minimum atomic E-state index is -0.357. The largest absolute Gasteiger partial charge is 0.461 e. The molecule has 0 unspecified atom stereocenters. The number of nitrogens with one attached hydrogen (secondary N) is 1. The van der Waals surface area contributed by atoms with E-state index in [0.29, 0.717) is 13.2 Å². The van der Waals surface area contributed by atoms with Crippen LogP contribution in [0.4, 0.5) is 0 Å². The summed E-state index contributed by atoms with van der Waals surface area (Å²) in [7, 11) is 0. The van der Waals surface area contributed by atoms with E-state index < -0.39 is 0 Å². The average molecular weight is 261 g/mol. The number of esters is 1. The van der Waals surface area contributed by atoms with E-state index in [4.69, 9.17) is 4.74 Å². The molecule has 0 spiro atoms. The van der Waals surface area contributed by atoms with Gasteiger partial charge in [0.1, 0.15) is 6.61 Å². The van der Waals surface area contributed by atoms with Crippen molar-refractivity contribution in [2.24, 2.45) is 0 Å². The van der Waals surface area contributed by atoms with Crippen LogP contribution in [0.25, 0.3) is 0 Å². The number of unbranched alkanes of at least 4 members (excludes halogenated alkanes) is 2. The molecule has 0 saturated carbocycles. The van der Waals surface area contributed by atoms with Gasteiger partial charge in [-0.05, 0) is 31.4 Å². The lowest BCUT2D eigenvalue weighted by Gasteiger charge is -2.05. The van der Waals surface area contributed by atoms with Crippen LogP contribution in [-0.4, -0.2) is 25.7 Å². The fourth-order valence-corrected chi connectivity index (χ4v) is 1.81. The van der Waals surface area contributed by atoms with Crippen molar-refractivity contribution in [3.8, 4) is 0 Å². The maximum absolute atomic E-state index is 10.8. The standard InChI is InChI=1S/C16H23NO2/c1-2-16(18)19-14-13-17-12-8-4-7-11-15-9-5-3-6-10-15/h2-3,5-6,9-10,17H,1,4,7-8,11-14H2. The first-order valence-corrected chi connectivity index (χ1v) is 6.87. The Labute approximate surface area is 115 Å². The summed E-state index contributed by atoms with van der Waals surface area (Å²) in [6, 6.07) is 10.6. The van der Waals surface area contributed by atoms with Crippen LogP contribution in [0, 0.1) is 0 Å². The molecule has 3 heteroatoms. The topological polar surface area (TPSA) is 38.3 Å². The van der Waals surface area contributed by atoms with E-state index in [1.54, 1.807) is 0 Å². The number of carbonyl (C=O) groups is 1. The van der Waals surface area contributed by atoms with Crippen molar-refractivity contribution in [2.75, 3.05) is 19.7 Å². The van der Waals surface area contributed by atoms with E-state index in [2.05, 4.69) is 36.2 Å². The van der Waals surface area contributed by atoms with Gasteiger partial charge >= 0.3 is 5.97 Å². The highest BCUT2D eigenvalue weighted by molar-refractivity contribution is 5.81. The van der Waals surface area contributed by atoms with Crippen LogP contribution in [0.5, 0.6) is 0 Å².